The molecule has 4 nitrogen and oxygen atoms in total. The monoisotopic (exact) mass is 264 g/mol. The summed E-state index contributed by atoms with van der Waals surface area (Å²) >= 11 is 0. The van der Waals surface area contributed by atoms with Gasteiger partial charge in [-0.15, -0.1) is 0 Å². The standard InChI is InChI=1S/C13H10F2N2O2/c1-7(18)10-5-9(16)2-3-12(10)19-13-11(15)4-8(14)6-17-13/h2-6H,16H2,1H3. The third-order valence-electron chi connectivity index (χ3n) is 2.36. The van der Waals surface area contributed by atoms with Crippen LogP contribution in [0.5, 0.6) is 11.6 Å². The predicted molar refractivity (Wildman–Crippen MR) is 65.1 cm³/mol. The summed E-state index contributed by atoms with van der Waals surface area (Å²) in [6.45, 7) is 1.33. The minimum atomic E-state index is -0.952. The summed E-state index contributed by atoms with van der Waals surface area (Å²) in [5.41, 5.74) is 6.14. The number of rotatable bonds is 3. The maximum atomic E-state index is 13.4. The predicted octanol–water partition coefficient (Wildman–Crippen LogP) is 2.94. The van der Waals surface area contributed by atoms with E-state index in [0.29, 0.717) is 11.8 Å². The van der Waals surface area contributed by atoms with E-state index in [2.05, 4.69) is 4.98 Å². The number of hydrogen-bond acceptors (Lipinski definition) is 4. The summed E-state index contributed by atoms with van der Waals surface area (Å²) in [4.78, 5) is 14.9. The van der Waals surface area contributed by atoms with E-state index in [-0.39, 0.29) is 17.1 Å². The average molecular weight is 264 g/mol. The number of benzene rings is 1. The van der Waals surface area contributed by atoms with Gasteiger partial charge in [-0.2, -0.15) is 0 Å². The van der Waals surface area contributed by atoms with Gasteiger partial charge in [-0.05, 0) is 25.1 Å². The highest BCUT2D eigenvalue weighted by atomic mass is 19.1. The Bertz CT molecular complexity index is 645. The second-order valence-electron chi connectivity index (χ2n) is 3.85. The van der Waals surface area contributed by atoms with Gasteiger partial charge in [0.1, 0.15) is 11.6 Å². The van der Waals surface area contributed by atoms with Crippen LogP contribution in [-0.2, 0) is 0 Å². The Morgan fingerprint density at radius 1 is 1.32 bits per heavy atom. The SMILES string of the molecule is CC(=O)c1cc(N)ccc1Oc1ncc(F)cc1F. The van der Waals surface area contributed by atoms with Gasteiger partial charge in [-0.25, -0.2) is 13.8 Å². The number of ether oxygens (including phenoxy) is 1. The van der Waals surface area contributed by atoms with Gasteiger partial charge in [0, 0.05) is 11.8 Å². The minimum Gasteiger partial charge on any atom is -0.436 e. The van der Waals surface area contributed by atoms with Gasteiger partial charge >= 0.3 is 0 Å². The van der Waals surface area contributed by atoms with Crippen molar-refractivity contribution in [3.63, 3.8) is 0 Å². The first-order valence-corrected chi connectivity index (χ1v) is 5.36. The fourth-order valence-electron chi connectivity index (χ4n) is 1.49. The molecule has 0 aliphatic carbocycles. The highest BCUT2D eigenvalue weighted by Crippen LogP contribution is 2.28. The molecule has 0 bridgehead atoms. The highest BCUT2D eigenvalue weighted by molar-refractivity contribution is 5.97. The third-order valence-corrected chi connectivity index (χ3v) is 2.36. The van der Waals surface area contributed by atoms with E-state index in [1.807, 2.05) is 0 Å². The van der Waals surface area contributed by atoms with E-state index >= 15 is 0 Å². The van der Waals surface area contributed by atoms with Crippen LogP contribution in [0.1, 0.15) is 17.3 Å². The molecule has 0 aliphatic rings. The van der Waals surface area contributed by atoms with Crippen LogP contribution in [0.2, 0.25) is 0 Å². The van der Waals surface area contributed by atoms with Gasteiger partial charge in [-0.1, -0.05) is 0 Å². The number of pyridine rings is 1. The highest BCUT2D eigenvalue weighted by Gasteiger charge is 2.13. The molecule has 0 unspecified atom stereocenters. The zero-order valence-corrected chi connectivity index (χ0v) is 9.98. The van der Waals surface area contributed by atoms with Crippen LogP contribution in [0.4, 0.5) is 14.5 Å². The molecule has 0 atom stereocenters. The van der Waals surface area contributed by atoms with Crippen LogP contribution >= 0.6 is 0 Å². The second-order valence-corrected chi connectivity index (χ2v) is 3.85. The van der Waals surface area contributed by atoms with Crippen molar-refractivity contribution in [2.24, 2.45) is 0 Å². The molecule has 0 saturated heterocycles. The second kappa shape index (κ2) is 5.01. The Labute approximate surface area is 107 Å². The number of anilines is 1. The van der Waals surface area contributed by atoms with E-state index < -0.39 is 17.5 Å². The Morgan fingerprint density at radius 3 is 2.68 bits per heavy atom. The van der Waals surface area contributed by atoms with E-state index in [9.17, 15) is 13.6 Å². The summed E-state index contributed by atoms with van der Waals surface area (Å²) in [5.74, 6) is -2.35. The fraction of sp³-hybridized carbons (Fsp3) is 0.0769. The third kappa shape index (κ3) is 2.85. The maximum absolute atomic E-state index is 13.4. The molecule has 0 amide bonds. The molecule has 2 aromatic rings. The van der Waals surface area contributed by atoms with Gasteiger partial charge in [0.25, 0.3) is 5.88 Å². The minimum absolute atomic E-state index is 0.111. The van der Waals surface area contributed by atoms with Crippen molar-refractivity contribution in [3.05, 3.63) is 47.7 Å². The molecule has 0 spiro atoms. The normalized spacial score (nSPS) is 10.3. The summed E-state index contributed by atoms with van der Waals surface area (Å²) in [6, 6.07) is 4.99. The molecular formula is C13H10F2N2O2. The number of hydrogen-bond donors (Lipinski definition) is 1. The lowest BCUT2D eigenvalue weighted by molar-refractivity contribution is 0.101. The molecule has 2 rings (SSSR count). The summed E-state index contributed by atoms with van der Waals surface area (Å²) in [7, 11) is 0. The maximum Gasteiger partial charge on any atom is 0.256 e. The lowest BCUT2D eigenvalue weighted by atomic mass is 10.1. The largest absolute Gasteiger partial charge is 0.436 e. The van der Waals surface area contributed by atoms with Gasteiger partial charge in [0.05, 0.1) is 11.8 Å². The van der Waals surface area contributed by atoms with Gasteiger partial charge in [0.2, 0.25) is 0 Å². The van der Waals surface area contributed by atoms with Gasteiger partial charge in [0.15, 0.2) is 11.6 Å². The number of aromatic nitrogens is 1. The number of ketones is 1. The van der Waals surface area contributed by atoms with Crippen molar-refractivity contribution in [2.75, 3.05) is 5.73 Å². The summed E-state index contributed by atoms with van der Waals surface area (Å²) < 4.78 is 31.3. The van der Waals surface area contributed by atoms with E-state index in [4.69, 9.17) is 10.5 Å². The molecule has 0 aliphatic heterocycles. The van der Waals surface area contributed by atoms with E-state index in [1.54, 1.807) is 0 Å². The molecule has 1 aromatic carbocycles. The number of carbonyl (C=O) groups is 1. The van der Waals surface area contributed by atoms with Crippen molar-refractivity contribution in [2.45, 2.75) is 6.92 Å². The number of nitrogens with two attached hydrogens (primary N) is 1. The Balaban J connectivity index is 2.40. The lowest BCUT2D eigenvalue weighted by Crippen LogP contribution is -2.01. The quantitative estimate of drug-likeness (QED) is 0.683. The number of nitrogen functional groups attached to an aromatic ring is 1. The van der Waals surface area contributed by atoms with Crippen molar-refractivity contribution in [3.8, 4) is 11.6 Å². The number of nitrogens with zero attached hydrogens (tertiary/aromatic N) is 1. The molecule has 2 N–H and O–H groups in total. The number of carbonyl (C=O) groups excluding carboxylic acids is 1. The topological polar surface area (TPSA) is 65.2 Å². The first kappa shape index (κ1) is 12.9. The van der Waals surface area contributed by atoms with E-state index in [1.165, 1.54) is 25.1 Å². The van der Waals surface area contributed by atoms with Crippen LogP contribution in [0.25, 0.3) is 0 Å². The first-order chi connectivity index (χ1) is 8.97. The lowest BCUT2D eigenvalue weighted by Gasteiger charge is -2.09. The molecule has 0 fully saturated rings. The molecule has 6 heteroatoms. The van der Waals surface area contributed by atoms with Crippen LogP contribution in [-0.4, -0.2) is 10.8 Å². The fourth-order valence-corrected chi connectivity index (χ4v) is 1.49. The van der Waals surface area contributed by atoms with Crippen LogP contribution < -0.4 is 10.5 Å². The zero-order chi connectivity index (χ0) is 14.0. The molecule has 98 valence electrons. The van der Waals surface area contributed by atoms with Crippen LogP contribution in [0, 0.1) is 11.6 Å². The molecule has 0 saturated carbocycles. The number of halogens is 2. The van der Waals surface area contributed by atoms with Gasteiger partial charge < -0.3 is 10.5 Å². The Hall–Kier alpha value is -2.50. The average Bonchev–Trinajstić information content (AvgIpc) is 2.34. The molecule has 0 radical (unpaired) electrons. The van der Waals surface area contributed by atoms with Crippen LogP contribution in [0.15, 0.2) is 30.5 Å². The van der Waals surface area contributed by atoms with E-state index in [0.717, 1.165) is 6.20 Å². The molecule has 19 heavy (non-hydrogen) atoms. The Morgan fingerprint density at radius 2 is 2.05 bits per heavy atom. The van der Waals surface area contributed by atoms with Crippen molar-refractivity contribution in [1.82, 2.24) is 4.98 Å². The Kier molecular flexibility index (Phi) is 3.41. The van der Waals surface area contributed by atoms with Crippen molar-refractivity contribution < 1.29 is 18.3 Å². The van der Waals surface area contributed by atoms with Crippen molar-refractivity contribution >= 4 is 11.5 Å². The summed E-state index contributed by atoms with van der Waals surface area (Å²) in [6.07, 6.45) is 0.823. The molecular weight excluding hydrogens is 254 g/mol. The first-order valence-electron chi connectivity index (χ1n) is 5.36. The van der Waals surface area contributed by atoms with Crippen LogP contribution in [0.3, 0.4) is 0 Å². The molecule has 1 heterocycles. The number of Topliss-reactive ketones (excluding diaryl/α,β-unsaturated/α-hetero) is 1. The smallest absolute Gasteiger partial charge is 0.256 e. The summed E-state index contributed by atoms with van der Waals surface area (Å²) in [5, 5.41) is 0. The zero-order valence-electron chi connectivity index (χ0n) is 9.98. The van der Waals surface area contributed by atoms with Gasteiger partial charge in [-0.3, -0.25) is 4.79 Å². The molecule has 1 aromatic heterocycles. The van der Waals surface area contributed by atoms with Crippen molar-refractivity contribution in [1.29, 1.82) is 0 Å².